The van der Waals surface area contributed by atoms with Gasteiger partial charge in [0.15, 0.2) is 12.4 Å². The van der Waals surface area contributed by atoms with Gasteiger partial charge in [-0.25, -0.2) is 9.97 Å². The number of carbonyl (C=O) groups is 3. The highest BCUT2D eigenvalue weighted by molar-refractivity contribution is 6.13. The van der Waals surface area contributed by atoms with Crippen LogP contribution < -0.4 is 30.4 Å². The highest BCUT2D eigenvalue weighted by atomic mass is 16.2. The zero-order valence-corrected chi connectivity index (χ0v) is 30.4. The second kappa shape index (κ2) is 16.6. The van der Waals surface area contributed by atoms with Crippen molar-refractivity contribution in [1.29, 1.82) is 0 Å². The molecule has 270 valence electrons. The monoisotopic (exact) mass is 718 g/mol. The number of nitrogens with one attached hydrogen (secondary N) is 4. The lowest BCUT2D eigenvalue weighted by molar-refractivity contribution is -0.672. The van der Waals surface area contributed by atoms with Crippen LogP contribution in [0, 0.1) is 12.3 Å². The van der Waals surface area contributed by atoms with E-state index in [4.69, 9.17) is 16.4 Å². The van der Waals surface area contributed by atoms with E-state index in [0.717, 1.165) is 45.8 Å². The van der Waals surface area contributed by atoms with E-state index in [2.05, 4.69) is 40.3 Å². The van der Waals surface area contributed by atoms with Crippen molar-refractivity contribution >= 4 is 79.6 Å². The Morgan fingerprint density at radius 1 is 0.796 bits per heavy atom. The van der Waals surface area contributed by atoms with Gasteiger partial charge in [0, 0.05) is 65.5 Å². The third kappa shape index (κ3) is 8.24. The summed E-state index contributed by atoms with van der Waals surface area (Å²) in [5.74, 6) is 1.61. The van der Waals surface area contributed by atoms with Gasteiger partial charge in [-0.1, -0.05) is 43.5 Å². The van der Waals surface area contributed by atoms with E-state index in [1.807, 2.05) is 84.0 Å². The number of benzene rings is 2. The van der Waals surface area contributed by atoms with Gasteiger partial charge in [0.05, 0.1) is 11.0 Å². The van der Waals surface area contributed by atoms with Crippen LogP contribution in [-0.4, -0.2) is 40.8 Å². The van der Waals surface area contributed by atoms with E-state index >= 15 is 0 Å². The van der Waals surface area contributed by atoms with Gasteiger partial charge in [-0.15, -0.1) is 12.3 Å². The maximum atomic E-state index is 13.9. The van der Waals surface area contributed by atoms with Crippen molar-refractivity contribution < 1.29 is 23.5 Å². The molecule has 2 aromatic carbocycles. The average Bonchev–Trinajstić information content (AvgIpc) is 3.17. The molecule has 3 amide bonds. The van der Waals surface area contributed by atoms with Crippen molar-refractivity contribution in [3.63, 3.8) is 0 Å². The minimum absolute atomic E-state index is 0.0664. The molecule has 0 fully saturated rings. The second-order valence-electron chi connectivity index (χ2n) is 12.9. The minimum atomic E-state index is -0.425. The van der Waals surface area contributed by atoms with Crippen LogP contribution in [0.2, 0.25) is 0 Å². The quantitative estimate of drug-likeness (QED) is 0.0466. The molecule has 54 heavy (non-hydrogen) atoms. The molecule has 0 aliphatic heterocycles. The summed E-state index contributed by atoms with van der Waals surface area (Å²) in [4.78, 5) is 49.1. The normalized spacial score (nSPS) is 10.8. The zero-order chi connectivity index (χ0) is 38.2. The van der Waals surface area contributed by atoms with Gasteiger partial charge in [0.25, 0.3) is 11.8 Å². The lowest BCUT2D eigenvalue weighted by Crippen LogP contribution is -2.33. The summed E-state index contributed by atoms with van der Waals surface area (Å²) in [6.07, 6.45) is 14.6. The summed E-state index contributed by atoms with van der Waals surface area (Å²) in [7, 11) is 3.79. The van der Waals surface area contributed by atoms with Crippen LogP contribution in [0.25, 0.3) is 44.9 Å². The lowest BCUT2D eigenvalue weighted by atomic mass is 10.1. The van der Waals surface area contributed by atoms with Crippen LogP contribution in [0.3, 0.4) is 0 Å². The van der Waals surface area contributed by atoms with Crippen molar-refractivity contribution in [1.82, 2.24) is 15.3 Å². The molecular weight excluding hydrogens is 677 g/mol. The summed E-state index contributed by atoms with van der Waals surface area (Å²) in [5, 5.41) is 14.8. The van der Waals surface area contributed by atoms with Gasteiger partial charge in [-0.2, -0.15) is 9.13 Å². The molecule has 11 nitrogen and oxygen atoms in total. The predicted octanol–water partition coefficient (Wildman–Crippen LogP) is 6.10. The number of terminal acetylenes is 1. The third-order valence-electron chi connectivity index (χ3n) is 9.05. The van der Waals surface area contributed by atoms with E-state index in [1.165, 1.54) is 0 Å². The van der Waals surface area contributed by atoms with Crippen molar-refractivity contribution in [3.05, 3.63) is 115 Å². The molecule has 0 bridgehead atoms. The Morgan fingerprint density at radius 3 is 2.28 bits per heavy atom. The third-order valence-corrected chi connectivity index (χ3v) is 9.05. The van der Waals surface area contributed by atoms with E-state index in [-0.39, 0.29) is 23.2 Å². The molecule has 0 aliphatic carbocycles. The number of carbonyl (C=O) groups excluding carboxylic acids is 3. The molecule has 0 unspecified atom stereocenters. The van der Waals surface area contributed by atoms with Gasteiger partial charge in [0.2, 0.25) is 17.1 Å². The van der Waals surface area contributed by atoms with Crippen molar-refractivity contribution in [2.24, 2.45) is 14.1 Å². The lowest BCUT2D eigenvalue weighted by Gasteiger charge is -2.14. The van der Waals surface area contributed by atoms with Gasteiger partial charge in [-0.3, -0.25) is 14.4 Å². The Morgan fingerprint density at radius 2 is 1.50 bits per heavy atom. The Kier molecular flexibility index (Phi) is 11.3. The number of anilines is 3. The van der Waals surface area contributed by atoms with Crippen molar-refractivity contribution in [3.8, 4) is 12.3 Å². The van der Waals surface area contributed by atoms with Gasteiger partial charge >= 0.3 is 0 Å². The second-order valence-corrected chi connectivity index (χ2v) is 12.9. The number of aryl methyl sites for hydroxylation is 2. The fourth-order valence-corrected chi connectivity index (χ4v) is 6.36. The molecule has 4 heterocycles. The Hall–Kier alpha value is -6.93. The smallest absolute Gasteiger partial charge is 0.274 e. The summed E-state index contributed by atoms with van der Waals surface area (Å²) in [6, 6.07) is 20.8. The number of rotatable bonds is 14. The Labute approximate surface area is 313 Å². The molecule has 0 spiro atoms. The number of para-hydroxylation sites is 1. The molecule has 4 aromatic heterocycles. The number of fused-ring (bicyclic) bond motifs is 4. The first-order valence-electron chi connectivity index (χ1n) is 17.7. The van der Waals surface area contributed by atoms with E-state index < -0.39 is 5.91 Å². The van der Waals surface area contributed by atoms with Gasteiger partial charge < -0.3 is 21.3 Å². The number of hydrogen-bond donors (Lipinski definition) is 4. The average molecular weight is 719 g/mol. The zero-order valence-electron chi connectivity index (χ0n) is 30.4. The predicted molar refractivity (Wildman–Crippen MR) is 215 cm³/mol. The molecular formula is C43H42N8O3+2. The van der Waals surface area contributed by atoms with Gasteiger partial charge in [0.1, 0.15) is 36.9 Å². The largest absolute Gasteiger partial charge is 0.384 e. The molecule has 0 saturated heterocycles. The molecule has 4 N–H and O–H groups in total. The summed E-state index contributed by atoms with van der Waals surface area (Å²) < 4.78 is 3.82. The standard InChI is InChI=1S/C43H40N8O3/c1-6-9-16-39(52)45-22-13-12-21-44-35-25-36(43(54)47-31-23-28(7-2)37(8-3)50(4)26-31)49-41-33(35)19-17-29-18-20-34(48-40(29)41)42(53)46-32-24-30-14-10-11-15-38(30)51(5)27-32/h1,7-8,10-11,14-15,17-20,23-27H,2-3,9,12-13,16,21-22H2,4-5H3,(H2-2,44,45,46,47,49,52,53,54)/p+2. The summed E-state index contributed by atoms with van der Waals surface area (Å²) >= 11 is 0. The highest BCUT2D eigenvalue weighted by Crippen LogP contribution is 2.30. The molecule has 0 saturated carbocycles. The number of nitrogens with zero attached hydrogens (tertiary/aromatic N) is 4. The van der Waals surface area contributed by atoms with E-state index in [1.54, 1.807) is 30.5 Å². The van der Waals surface area contributed by atoms with E-state index in [0.29, 0.717) is 54.0 Å². The van der Waals surface area contributed by atoms with Crippen LogP contribution >= 0.6 is 0 Å². The summed E-state index contributed by atoms with van der Waals surface area (Å²) in [6.45, 7) is 8.88. The molecule has 6 rings (SSSR count). The SMILES string of the molecule is C#CCCC(=O)NCCCCNc1cc(C(=O)Nc2cc(C=C)c(C=C)[n+](C)c2)nc2c1ccc1ccc(C(=O)Nc3cc4ccccc4[n+](C)c3)nc12. The molecule has 11 heteroatoms. The molecule has 0 aliphatic rings. The number of pyridine rings is 4. The van der Waals surface area contributed by atoms with Gasteiger partial charge in [-0.05, 0) is 49.2 Å². The Balaban J connectivity index is 1.32. The van der Waals surface area contributed by atoms with Crippen molar-refractivity contribution in [2.45, 2.75) is 25.7 Å². The van der Waals surface area contributed by atoms with Crippen LogP contribution in [0.15, 0.2) is 92.3 Å². The van der Waals surface area contributed by atoms with Crippen LogP contribution in [0.4, 0.5) is 17.1 Å². The molecule has 0 radical (unpaired) electrons. The highest BCUT2D eigenvalue weighted by Gasteiger charge is 2.19. The fraction of sp³-hybridized carbons (Fsp3) is 0.186. The Bertz CT molecular complexity index is 2500. The molecule has 6 aromatic rings. The first kappa shape index (κ1) is 36.8. The number of unbranched alkanes of at least 4 members (excludes halogenated alkanes) is 1. The number of amides is 3. The first-order valence-corrected chi connectivity index (χ1v) is 17.7. The topological polar surface area (TPSA) is 133 Å². The number of hydrogen-bond acceptors (Lipinski definition) is 6. The van der Waals surface area contributed by atoms with E-state index in [9.17, 15) is 14.4 Å². The maximum absolute atomic E-state index is 13.9. The summed E-state index contributed by atoms with van der Waals surface area (Å²) in [5.41, 5.74) is 5.88. The van der Waals surface area contributed by atoms with Crippen LogP contribution in [0.5, 0.6) is 0 Å². The minimum Gasteiger partial charge on any atom is -0.384 e. The van der Waals surface area contributed by atoms with Crippen molar-refractivity contribution in [2.75, 3.05) is 29.0 Å². The van der Waals surface area contributed by atoms with Crippen LogP contribution in [-0.2, 0) is 18.9 Å². The van der Waals surface area contributed by atoms with Crippen LogP contribution in [0.1, 0.15) is 57.9 Å². The fourth-order valence-electron chi connectivity index (χ4n) is 6.36. The molecule has 0 atom stereocenters. The number of aromatic nitrogens is 4. The first-order chi connectivity index (χ1) is 26.2. The maximum Gasteiger partial charge on any atom is 0.274 e.